The van der Waals surface area contributed by atoms with Crippen molar-refractivity contribution in [2.45, 2.75) is 111 Å². The Kier molecular flexibility index (Phi) is 5.60. The second kappa shape index (κ2) is 7.67. The molecule has 0 aromatic rings. The monoisotopic (exact) mass is 416 g/mol. The molecule has 7 atom stereocenters. The highest BCUT2D eigenvalue weighted by molar-refractivity contribution is 5.69. The van der Waals surface area contributed by atoms with Gasteiger partial charge in [0.15, 0.2) is 0 Å². The number of carbonyl (C=O) groups is 2. The maximum absolute atomic E-state index is 12.2. The molecule has 3 saturated carbocycles. The molecule has 0 aromatic carbocycles. The van der Waals surface area contributed by atoms with E-state index in [1.54, 1.807) is 0 Å². The quantitative estimate of drug-likeness (QED) is 0.418. The second-order valence-electron chi connectivity index (χ2n) is 11.0. The Hall–Kier alpha value is -1.32. The van der Waals surface area contributed by atoms with Crippen LogP contribution in [-0.4, -0.2) is 23.6 Å². The summed E-state index contributed by atoms with van der Waals surface area (Å²) >= 11 is 0. The van der Waals surface area contributed by atoms with Gasteiger partial charge in [0.25, 0.3) is 0 Å². The van der Waals surface area contributed by atoms with E-state index in [0.717, 1.165) is 38.5 Å². The Balaban J connectivity index is 1.55. The topological polar surface area (TPSA) is 52.6 Å². The van der Waals surface area contributed by atoms with Gasteiger partial charge in [-0.05, 0) is 75.0 Å². The molecule has 0 amide bonds. The minimum atomic E-state index is -0.327. The van der Waals surface area contributed by atoms with Crippen molar-refractivity contribution in [3.63, 3.8) is 0 Å². The van der Waals surface area contributed by atoms with Crippen LogP contribution in [-0.2, 0) is 19.1 Å². The molecule has 0 radical (unpaired) electrons. The van der Waals surface area contributed by atoms with Gasteiger partial charge in [-0.25, -0.2) is 0 Å². The molecule has 4 rings (SSSR count). The number of ether oxygens (including phenoxy) is 2. The lowest BCUT2D eigenvalue weighted by molar-refractivity contribution is -0.179. The lowest BCUT2D eigenvalue weighted by Gasteiger charge is -2.59. The first-order valence-corrected chi connectivity index (χ1v) is 12.3. The van der Waals surface area contributed by atoms with Crippen molar-refractivity contribution in [3.8, 4) is 0 Å². The molecule has 0 spiro atoms. The van der Waals surface area contributed by atoms with Gasteiger partial charge >= 0.3 is 11.9 Å². The van der Waals surface area contributed by atoms with Gasteiger partial charge in [0.1, 0.15) is 11.7 Å². The fourth-order valence-electron chi connectivity index (χ4n) is 7.71. The largest absolute Gasteiger partial charge is 0.462 e. The van der Waals surface area contributed by atoms with E-state index in [9.17, 15) is 9.59 Å². The molecule has 30 heavy (non-hydrogen) atoms. The number of carbonyl (C=O) groups excluding carboxylic acids is 2. The highest BCUT2D eigenvalue weighted by Crippen LogP contribution is 2.67. The van der Waals surface area contributed by atoms with E-state index in [1.165, 1.54) is 18.4 Å². The van der Waals surface area contributed by atoms with E-state index in [1.807, 2.05) is 13.8 Å². The van der Waals surface area contributed by atoms with E-state index in [-0.39, 0.29) is 34.5 Å². The average molecular weight is 417 g/mol. The highest BCUT2D eigenvalue weighted by Gasteiger charge is 2.64. The lowest BCUT2D eigenvalue weighted by atomic mass is 9.47. The Morgan fingerprint density at radius 1 is 0.967 bits per heavy atom. The van der Waals surface area contributed by atoms with Crippen LogP contribution < -0.4 is 0 Å². The summed E-state index contributed by atoms with van der Waals surface area (Å²) in [6.07, 6.45) is 12.1. The normalized spacial score (nSPS) is 44.9. The van der Waals surface area contributed by atoms with E-state index in [2.05, 4.69) is 26.8 Å². The molecule has 0 heterocycles. The predicted molar refractivity (Wildman–Crippen MR) is 117 cm³/mol. The Labute approximate surface area is 182 Å². The van der Waals surface area contributed by atoms with Crippen LogP contribution >= 0.6 is 0 Å². The molecule has 4 aliphatic carbocycles. The van der Waals surface area contributed by atoms with Crippen LogP contribution in [0.25, 0.3) is 0 Å². The maximum Gasteiger partial charge on any atom is 0.306 e. The van der Waals surface area contributed by atoms with E-state index >= 15 is 0 Å². The van der Waals surface area contributed by atoms with Crippen molar-refractivity contribution in [2.24, 2.45) is 28.6 Å². The first-order chi connectivity index (χ1) is 14.2. The van der Waals surface area contributed by atoms with E-state index in [4.69, 9.17) is 9.47 Å². The van der Waals surface area contributed by atoms with Crippen LogP contribution in [0, 0.1) is 28.6 Å². The van der Waals surface area contributed by atoms with Gasteiger partial charge in [-0.2, -0.15) is 0 Å². The fraction of sp³-hybridized carbons (Fsp3) is 0.846. The van der Waals surface area contributed by atoms with Crippen LogP contribution in [0.4, 0.5) is 0 Å². The first-order valence-electron chi connectivity index (χ1n) is 12.3. The third kappa shape index (κ3) is 3.24. The summed E-state index contributed by atoms with van der Waals surface area (Å²) in [7, 11) is 0. The molecule has 168 valence electrons. The summed E-state index contributed by atoms with van der Waals surface area (Å²) in [6, 6.07) is 0. The zero-order valence-electron chi connectivity index (χ0n) is 19.6. The maximum atomic E-state index is 12.2. The van der Waals surface area contributed by atoms with Crippen molar-refractivity contribution < 1.29 is 19.1 Å². The summed E-state index contributed by atoms with van der Waals surface area (Å²) < 4.78 is 11.8. The molecule has 4 nitrogen and oxygen atoms in total. The summed E-state index contributed by atoms with van der Waals surface area (Å²) in [6.45, 7) is 10.8. The van der Waals surface area contributed by atoms with Gasteiger partial charge in [0.05, 0.1) is 0 Å². The molecule has 4 aliphatic rings. The van der Waals surface area contributed by atoms with Gasteiger partial charge in [0.2, 0.25) is 0 Å². The number of hydrogen-bond acceptors (Lipinski definition) is 4. The van der Waals surface area contributed by atoms with Gasteiger partial charge in [0, 0.05) is 24.7 Å². The number of fused-ring (bicyclic) bond motifs is 5. The molecule has 0 bridgehead atoms. The predicted octanol–water partition coefficient (Wildman–Crippen LogP) is 5.98. The number of allylic oxidation sites excluding steroid dienone is 1. The smallest absolute Gasteiger partial charge is 0.306 e. The third-order valence-corrected chi connectivity index (χ3v) is 9.80. The summed E-state index contributed by atoms with van der Waals surface area (Å²) in [5, 5.41) is 0. The Bertz CT molecular complexity index is 741. The van der Waals surface area contributed by atoms with Gasteiger partial charge < -0.3 is 9.47 Å². The molecule has 0 aliphatic heterocycles. The van der Waals surface area contributed by atoms with Crippen LogP contribution in [0.3, 0.4) is 0 Å². The molecule has 0 N–H and O–H groups in total. The molecule has 3 fully saturated rings. The summed E-state index contributed by atoms with van der Waals surface area (Å²) in [4.78, 5) is 24.0. The molecule has 0 aromatic heterocycles. The van der Waals surface area contributed by atoms with Crippen LogP contribution in [0.1, 0.15) is 98.8 Å². The zero-order valence-corrected chi connectivity index (χ0v) is 19.6. The van der Waals surface area contributed by atoms with Gasteiger partial charge in [-0.1, -0.05) is 39.3 Å². The SMILES string of the molecule is CCC(=O)OC1CC[C@@]2(C)C(=CCC3C2CC[C@@]2(C)C3CC[C@@]2(C)OC(=O)CC)C1. The molecule has 4 unspecified atom stereocenters. The third-order valence-electron chi connectivity index (χ3n) is 9.80. The Morgan fingerprint density at radius 2 is 1.67 bits per heavy atom. The fourth-order valence-corrected chi connectivity index (χ4v) is 7.71. The van der Waals surface area contributed by atoms with Gasteiger partial charge in [-0.3, -0.25) is 9.59 Å². The highest BCUT2D eigenvalue weighted by atomic mass is 16.6. The van der Waals surface area contributed by atoms with Crippen molar-refractivity contribution in [2.75, 3.05) is 0 Å². The van der Waals surface area contributed by atoms with E-state index < -0.39 is 0 Å². The number of rotatable bonds is 4. The second-order valence-corrected chi connectivity index (χ2v) is 11.0. The van der Waals surface area contributed by atoms with Crippen molar-refractivity contribution >= 4 is 11.9 Å². The minimum Gasteiger partial charge on any atom is -0.462 e. The molecule has 4 heteroatoms. The van der Waals surface area contributed by atoms with Crippen molar-refractivity contribution in [3.05, 3.63) is 11.6 Å². The average Bonchev–Trinajstić information content (AvgIpc) is 2.98. The standard InChI is InChI=1S/C26H40O4/c1-6-22(27)29-18-10-13-24(3)17(16-18)8-9-19-20(24)11-14-25(4)21(19)12-15-26(25,5)30-23(28)7-2/h8,18-21H,6-7,9-16H2,1-5H3/t18?,19?,20?,21?,24-,25-,26+/m0/s1. The number of hydrogen-bond donors (Lipinski definition) is 0. The number of esters is 2. The lowest BCUT2D eigenvalue weighted by Crippen LogP contribution is -2.55. The van der Waals surface area contributed by atoms with Crippen molar-refractivity contribution in [1.82, 2.24) is 0 Å². The summed E-state index contributed by atoms with van der Waals surface area (Å²) in [5.74, 6) is 1.87. The zero-order chi connectivity index (χ0) is 21.7. The molecule has 0 saturated heterocycles. The Morgan fingerprint density at radius 3 is 2.37 bits per heavy atom. The van der Waals surface area contributed by atoms with Crippen molar-refractivity contribution in [1.29, 1.82) is 0 Å². The van der Waals surface area contributed by atoms with E-state index in [0.29, 0.717) is 30.6 Å². The first kappa shape index (κ1) is 21.9. The van der Waals surface area contributed by atoms with Gasteiger partial charge in [-0.15, -0.1) is 0 Å². The molecular formula is C26H40O4. The van der Waals surface area contributed by atoms with Crippen LogP contribution in [0.15, 0.2) is 11.6 Å². The van der Waals surface area contributed by atoms with Crippen LogP contribution in [0.5, 0.6) is 0 Å². The summed E-state index contributed by atoms with van der Waals surface area (Å²) in [5.41, 5.74) is 1.52. The van der Waals surface area contributed by atoms with Crippen LogP contribution in [0.2, 0.25) is 0 Å². The minimum absolute atomic E-state index is 0.0563. The molecular weight excluding hydrogens is 376 g/mol.